The summed E-state index contributed by atoms with van der Waals surface area (Å²) in [6.45, 7) is 4.12. The van der Waals surface area contributed by atoms with Crippen molar-refractivity contribution in [3.8, 4) is 11.3 Å². The van der Waals surface area contributed by atoms with Crippen molar-refractivity contribution in [2.75, 3.05) is 5.32 Å². The number of nitrogens with zero attached hydrogens (tertiary/aromatic N) is 2. The number of imidazole rings is 1. The monoisotopic (exact) mass is 361 g/mol. The maximum atomic E-state index is 12.7. The standard InChI is InChI=1S/C23H27N3O/c1-16-7-11-19(12-8-16)22-23(26-15-17(2)9-13-20(26)24-22)25-21(27)14-10-18-5-3-4-6-18/h7-9,11-13,15,18H,3-6,10,14H2,1-2H3,(H,25,27). The molecule has 4 rings (SSSR count). The lowest BCUT2D eigenvalue weighted by atomic mass is 10.0. The number of carbonyl (C=O) groups is 1. The number of fused-ring (bicyclic) bond motifs is 1. The van der Waals surface area contributed by atoms with Gasteiger partial charge in [-0.1, -0.05) is 61.6 Å². The van der Waals surface area contributed by atoms with E-state index in [4.69, 9.17) is 4.98 Å². The van der Waals surface area contributed by atoms with Gasteiger partial charge in [0.15, 0.2) is 0 Å². The molecular formula is C23H27N3O. The number of amides is 1. The summed E-state index contributed by atoms with van der Waals surface area (Å²) in [6, 6.07) is 12.3. The number of carbonyl (C=O) groups excluding carboxylic acids is 1. The van der Waals surface area contributed by atoms with Crippen LogP contribution in [0.1, 0.15) is 49.7 Å². The van der Waals surface area contributed by atoms with Gasteiger partial charge in [-0.2, -0.15) is 0 Å². The molecule has 0 saturated heterocycles. The molecule has 27 heavy (non-hydrogen) atoms. The first kappa shape index (κ1) is 17.8. The van der Waals surface area contributed by atoms with Gasteiger partial charge >= 0.3 is 0 Å². The molecule has 1 amide bonds. The summed E-state index contributed by atoms with van der Waals surface area (Å²) in [5.41, 5.74) is 5.04. The average molecular weight is 361 g/mol. The van der Waals surface area contributed by atoms with Crippen LogP contribution < -0.4 is 5.32 Å². The Morgan fingerprint density at radius 2 is 1.78 bits per heavy atom. The van der Waals surface area contributed by atoms with Crippen LogP contribution in [0.25, 0.3) is 16.9 Å². The van der Waals surface area contributed by atoms with Gasteiger partial charge in [-0.25, -0.2) is 4.98 Å². The molecule has 0 unspecified atom stereocenters. The Labute approximate surface area is 160 Å². The molecule has 1 fully saturated rings. The van der Waals surface area contributed by atoms with Gasteiger partial charge in [-0.05, 0) is 37.8 Å². The van der Waals surface area contributed by atoms with Gasteiger partial charge in [-0.15, -0.1) is 0 Å². The first-order valence-corrected chi connectivity index (χ1v) is 9.96. The second kappa shape index (κ2) is 7.55. The van der Waals surface area contributed by atoms with Gasteiger partial charge in [0.25, 0.3) is 0 Å². The number of benzene rings is 1. The number of rotatable bonds is 5. The van der Waals surface area contributed by atoms with E-state index >= 15 is 0 Å². The quantitative estimate of drug-likeness (QED) is 0.650. The summed E-state index contributed by atoms with van der Waals surface area (Å²) in [5.74, 6) is 1.57. The molecule has 0 bridgehead atoms. The molecule has 4 heteroatoms. The maximum absolute atomic E-state index is 12.7. The largest absolute Gasteiger partial charge is 0.310 e. The maximum Gasteiger partial charge on any atom is 0.225 e. The van der Waals surface area contributed by atoms with E-state index in [1.807, 2.05) is 22.7 Å². The van der Waals surface area contributed by atoms with Gasteiger partial charge in [0.2, 0.25) is 5.91 Å². The SMILES string of the molecule is Cc1ccc(-c2nc3ccc(C)cn3c2NC(=O)CCC2CCCC2)cc1. The third-order valence-electron chi connectivity index (χ3n) is 5.60. The number of nitrogens with one attached hydrogen (secondary N) is 1. The predicted octanol–water partition coefficient (Wildman–Crippen LogP) is 5.53. The Morgan fingerprint density at radius 1 is 1.07 bits per heavy atom. The highest BCUT2D eigenvalue weighted by atomic mass is 16.1. The summed E-state index contributed by atoms with van der Waals surface area (Å²) >= 11 is 0. The molecule has 2 heterocycles. The minimum Gasteiger partial charge on any atom is -0.310 e. The zero-order valence-corrected chi connectivity index (χ0v) is 16.2. The fourth-order valence-electron chi connectivity index (χ4n) is 4.01. The molecule has 1 N–H and O–H groups in total. The van der Waals surface area contributed by atoms with Crippen LogP contribution >= 0.6 is 0 Å². The van der Waals surface area contributed by atoms with Crippen LogP contribution in [0.2, 0.25) is 0 Å². The Balaban J connectivity index is 1.64. The normalized spacial score (nSPS) is 14.7. The summed E-state index contributed by atoms with van der Waals surface area (Å²) in [7, 11) is 0. The van der Waals surface area contributed by atoms with Crippen molar-refractivity contribution in [3.63, 3.8) is 0 Å². The molecule has 1 aliphatic rings. The van der Waals surface area contributed by atoms with Gasteiger partial charge in [0, 0.05) is 18.2 Å². The third-order valence-corrected chi connectivity index (χ3v) is 5.60. The van der Waals surface area contributed by atoms with Crippen molar-refractivity contribution in [2.24, 2.45) is 5.92 Å². The van der Waals surface area contributed by atoms with Crippen LogP contribution in [0, 0.1) is 19.8 Å². The lowest BCUT2D eigenvalue weighted by Crippen LogP contribution is -2.14. The molecule has 2 aromatic heterocycles. The number of hydrogen-bond acceptors (Lipinski definition) is 2. The average Bonchev–Trinajstić information content (AvgIpc) is 3.29. The van der Waals surface area contributed by atoms with E-state index in [0.717, 1.165) is 40.6 Å². The summed E-state index contributed by atoms with van der Waals surface area (Å²) in [6.07, 6.45) is 8.78. The number of aryl methyl sites for hydroxylation is 2. The van der Waals surface area contributed by atoms with Crippen LogP contribution in [0.3, 0.4) is 0 Å². The molecule has 4 nitrogen and oxygen atoms in total. The lowest BCUT2D eigenvalue weighted by Gasteiger charge is -2.11. The highest BCUT2D eigenvalue weighted by Gasteiger charge is 2.19. The van der Waals surface area contributed by atoms with E-state index < -0.39 is 0 Å². The van der Waals surface area contributed by atoms with E-state index in [1.165, 1.54) is 31.2 Å². The minimum absolute atomic E-state index is 0.0820. The highest BCUT2D eigenvalue weighted by Crippen LogP contribution is 2.31. The molecule has 0 aliphatic heterocycles. The Morgan fingerprint density at radius 3 is 2.52 bits per heavy atom. The van der Waals surface area contributed by atoms with Crippen molar-refractivity contribution in [2.45, 2.75) is 52.4 Å². The molecule has 1 aliphatic carbocycles. The summed E-state index contributed by atoms with van der Waals surface area (Å²) < 4.78 is 2.00. The van der Waals surface area contributed by atoms with E-state index in [0.29, 0.717) is 6.42 Å². The van der Waals surface area contributed by atoms with E-state index in [-0.39, 0.29) is 5.91 Å². The second-order valence-electron chi connectivity index (χ2n) is 7.85. The summed E-state index contributed by atoms with van der Waals surface area (Å²) in [5, 5.41) is 3.16. The van der Waals surface area contributed by atoms with Crippen molar-refractivity contribution < 1.29 is 4.79 Å². The molecule has 0 atom stereocenters. The van der Waals surface area contributed by atoms with Gasteiger partial charge in [-0.3, -0.25) is 9.20 Å². The highest BCUT2D eigenvalue weighted by molar-refractivity contribution is 5.94. The van der Waals surface area contributed by atoms with E-state index in [1.54, 1.807) is 0 Å². The number of aromatic nitrogens is 2. The van der Waals surface area contributed by atoms with Crippen molar-refractivity contribution >= 4 is 17.4 Å². The van der Waals surface area contributed by atoms with E-state index in [2.05, 4.69) is 43.4 Å². The number of pyridine rings is 1. The van der Waals surface area contributed by atoms with Crippen LogP contribution in [-0.4, -0.2) is 15.3 Å². The lowest BCUT2D eigenvalue weighted by molar-refractivity contribution is -0.116. The van der Waals surface area contributed by atoms with Crippen LogP contribution in [0.15, 0.2) is 42.6 Å². The van der Waals surface area contributed by atoms with Crippen LogP contribution in [-0.2, 0) is 4.79 Å². The fourth-order valence-corrected chi connectivity index (χ4v) is 4.01. The predicted molar refractivity (Wildman–Crippen MR) is 110 cm³/mol. The summed E-state index contributed by atoms with van der Waals surface area (Å²) in [4.78, 5) is 17.5. The Bertz CT molecular complexity index is 950. The van der Waals surface area contributed by atoms with E-state index in [9.17, 15) is 4.79 Å². The molecule has 1 aromatic carbocycles. The second-order valence-corrected chi connectivity index (χ2v) is 7.85. The Kier molecular flexibility index (Phi) is 4.97. The first-order chi connectivity index (χ1) is 13.1. The molecule has 3 aromatic rings. The van der Waals surface area contributed by atoms with Crippen molar-refractivity contribution in [1.82, 2.24) is 9.38 Å². The van der Waals surface area contributed by atoms with Gasteiger partial charge in [0.05, 0.1) is 0 Å². The zero-order valence-electron chi connectivity index (χ0n) is 16.2. The Hall–Kier alpha value is -2.62. The molecule has 1 saturated carbocycles. The number of hydrogen-bond donors (Lipinski definition) is 1. The molecule has 0 spiro atoms. The minimum atomic E-state index is 0.0820. The van der Waals surface area contributed by atoms with Gasteiger partial charge in [0.1, 0.15) is 17.2 Å². The number of anilines is 1. The topological polar surface area (TPSA) is 46.4 Å². The van der Waals surface area contributed by atoms with Gasteiger partial charge < -0.3 is 5.32 Å². The first-order valence-electron chi connectivity index (χ1n) is 9.96. The molecule has 140 valence electrons. The molecular weight excluding hydrogens is 334 g/mol. The third kappa shape index (κ3) is 3.90. The molecule has 0 radical (unpaired) electrons. The van der Waals surface area contributed by atoms with Crippen molar-refractivity contribution in [1.29, 1.82) is 0 Å². The van der Waals surface area contributed by atoms with Crippen LogP contribution in [0.4, 0.5) is 5.82 Å². The van der Waals surface area contributed by atoms with Crippen LogP contribution in [0.5, 0.6) is 0 Å². The zero-order chi connectivity index (χ0) is 18.8. The van der Waals surface area contributed by atoms with Crippen molar-refractivity contribution in [3.05, 3.63) is 53.7 Å². The fraction of sp³-hybridized carbons (Fsp3) is 0.391. The smallest absolute Gasteiger partial charge is 0.225 e.